The van der Waals surface area contributed by atoms with Crippen molar-refractivity contribution in [3.8, 4) is 0 Å². The van der Waals surface area contributed by atoms with Gasteiger partial charge in [-0.2, -0.15) is 0 Å². The maximum absolute atomic E-state index is 13.6. The predicted octanol–water partition coefficient (Wildman–Crippen LogP) is 6.67. The quantitative estimate of drug-likeness (QED) is 0.402. The summed E-state index contributed by atoms with van der Waals surface area (Å²) in [4.78, 5) is 13.6. The Morgan fingerprint density at radius 2 is 1.07 bits per heavy atom. The van der Waals surface area contributed by atoms with Gasteiger partial charge < -0.3 is 0 Å². The molecular weight excluding hydrogens is 476 g/mol. The summed E-state index contributed by atoms with van der Waals surface area (Å²) >= 11 is 7.29. The number of hydrogen-bond donors (Lipinski definition) is 0. The van der Waals surface area contributed by atoms with Crippen LogP contribution in [-0.2, 0) is 30.5 Å². The SMILES string of the molecule is O=C(C(CBr)c1ccc2c(c1)CCCC2)C(CBr)c1ccc2c(c1)CCCC2. The number of benzene rings is 2. The molecule has 2 atom stereocenters. The second-order valence-electron chi connectivity index (χ2n) is 8.29. The molecular formula is C25H28Br2O. The van der Waals surface area contributed by atoms with Gasteiger partial charge in [-0.1, -0.05) is 68.3 Å². The number of aryl methyl sites for hydroxylation is 4. The van der Waals surface area contributed by atoms with Gasteiger partial charge in [0.15, 0.2) is 0 Å². The molecule has 1 nitrogen and oxygen atoms in total. The molecule has 2 aromatic carbocycles. The van der Waals surface area contributed by atoms with E-state index in [1.165, 1.54) is 71.9 Å². The Labute approximate surface area is 185 Å². The average molecular weight is 504 g/mol. The zero-order chi connectivity index (χ0) is 19.5. The van der Waals surface area contributed by atoms with Gasteiger partial charge in [-0.25, -0.2) is 0 Å². The lowest BCUT2D eigenvalue weighted by Crippen LogP contribution is -2.24. The van der Waals surface area contributed by atoms with Crippen LogP contribution in [0.15, 0.2) is 36.4 Å². The van der Waals surface area contributed by atoms with Crippen LogP contribution < -0.4 is 0 Å². The Morgan fingerprint density at radius 1 is 0.679 bits per heavy atom. The molecule has 0 amide bonds. The largest absolute Gasteiger partial charge is 0.298 e. The van der Waals surface area contributed by atoms with Gasteiger partial charge in [-0.15, -0.1) is 0 Å². The van der Waals surface area contributed by atoms with Crippen molar-refractivity contribution in [1.29, 1.82) is 0 Å². The van der Waals surface area contributed by atoms with Gasteiger partial charge in [0.05, 0.1) is 11.8 Å². The first-order chi connectivity index (χ1) is 13.7. The third-order valence-corrected chi connectivity index (χ3v) is 7.84. The van der Waals surface area contributed by atoms with Gasteiger partial charge in [0.1, 0.15) is 5.78 Å². The Hall–Kier alpha value is -0.930. The first kappa shape index (κ1) is 20.3. The summed E-state index contributed by atoms with van der Waals surface area (Å²) < 4.78 is 0. The molecule has 2 aliphatic rings. The van der Waals surface area contributed by atoms with Crippen molar-refractivity contribution in [2.45, 2.75) is 63.2 Å². The molecule has 2 aliphatic carbocycles. The van der Waals surface area contributed by atoms with E-state index >= 15 is 0 Å². The van der Waals surface area contributed by atoms with Crippen molar-refractivity contribution in [2.24, 2.45) is 0 Å². The fraction of sp³-hybridized carbons (Fsp3) is 0.480. The highest BCUT2D eigenvalue weighted by Gasteiger charge is 2.29. The minimum atomic E-state index is -0.0918. The molecule has 0 heterocycles. The number of alkyl halides is 2. The summed E-state index contributed by atoms with van der Waals surface area (Å²) in [6.07, 6.45) is 9.78. The molecule has 0 radical (unpaired) electrons. The first-order valence-corrected chi connectivity index (χ1v) is 12.8. The summed E-state index contributed by atoms with van der Waals surface area (Å²) in [6, 6.07) is 13.5. The molecule has 4 rings (SSSR count). The molecule has 0 spiro atoms. The topological polar surface area (TPSA) is 17.1 Å². The molecule has 0 aliphatic heterocycles. The van der Waals surface area contributed by atoms with Crippen LogP contribution in [0.4, 0.5) is 0 Å². The predicted molar refractivity (Wildman–Crippen MR) is 124 cm³/mol. The van der Waals surface area contributed by atoms with Crippen molar-refractivity contribution in [3.63, 3.8) is 0 Å². The molecule has 2 unspecified atom stereocenters. The van der Waals surface area contributed by atoms with E-state index in [9.17, 15) is 4.79 Å². The lowest BCUT2D eigenvalue weighted by Gasteiger charge is -2.24. The Balaban J connectivity index is 1.61. The lowest BCUT2D eigenvalue weighted by atomic mass is 9.81. The van der Waals surface area contributed by atoms with Gasteiger partial charge in [-0.3, -0.25) is 4.79 Å². The number of hydrogen-bond acceptors (Lipinski definition) is 1. The van der Waals surface area contributed by atoms with Gasteiger partial charge in [0.2, 0.25) is 0 Å². The average Bonchev–Trinajstić information content (AvgIpc) is 2.74. The molecule has 0 N–H and O–H groups in total. The van der Waals surface area contributed by atoms with E-state index in [0.29, 0.717) is 16.4 Å². The number of rotatable bonds is 6. The monoisotopic (exact) mass is 502 g/mol. The van der Waals surface area contributed by atoms with Crippen LogP contribution in [0.2, 0.25) is 0 Å². The molecule has 3 heteroatoms. The van der Waals surface area contributed by atoms with Crippen LogP contribution in [0, 0.1) is 0 Å². The maximum atomic E-state index is 13.6. The van der Waals surface area contributed by atoms with Gasteiger partial charge in [-0.05, 0) is 84.7 Å². The fourth-order valence-corrected chi connectivity index (χ4v) is 6.23. The summed E-state index contributed by atoms with van der Waals surface area (Å²) in [7, 11) is 0. The van der Waals surface area contributed by atoms with Gasteiger partial charge >= 0.3 is 0 Å². The molecule has 0 aromatic heterocycles. The Kier molecular flexibility index (Phi) is 6.73. The Morgan fingerprint density at radius 3 is 1.46 bits per heavy atom. The van der Waals surface area contributed by atoms with Gasteiger partial charge in [0, 0.05) is 10.7 Å². The van der Waals surface area contributed by atoms with Crippen molar-refractivity contribution in [1.82, 2.24) is 0 Å². The number of fused-ring (bicyclic) bond motifs is 2. The highest BCUT2D eigenvalue weighted by molar-refractivity contribution is 9.09. The minimum absolute atomic E-state index is 0.0918. The van der Waals surface area contributed by atoms with Crippen LogP contribution in [0.3, 0.4) is 0 Å². The second kappa shape index (κ2) is 9.26. The molecule has 28 heavy (non-hydrogen) atoms. The van der Waals surface area contributed by atoms with Gasteiger partial charge in [0.25, 0.3) is 0 Å². The number of halogens is 2. The molecule has 0 bridgehead atoms. The highest BCUT2D eigenvalue weighted by Crippen LogP contribution is 2.33. The number of carbonyl (C=O) groups is 1. The van der Waals surface area contributed by atoms with Crippen LogP contribution in [0.5, 0.6) is 0 Å². The third kappa shape index (κ3) is 4.16. The summed E-state index contributed by atoms with van der Waals surface area (Å²) in [5, 5.41) is 1.36. The number of ketones is 1. The van der Waals surface area contributed by atoms with E-state index < -0.39 is 0 Å². The van der Waals surface area contributed by atoms with E-state index in [4.69, 9.17) is 0 Å². The summed E-state index contributed by atoms with van der Waals surface area (Å²) in [5.41, 5.74) is 8.20. The molecule has 2 aromatic rings. The lowest BCUT2D eigenvalue weighted by molar-refractivity contribution is -0.121. The molecule has 0 saturated carbocycles. The standard InChI is InChI=1S/C25H28Br2O/c26-15-23(21-11-9-17-5-1-3-7-19(17)13-21)25(28)24(16-27)22-12-10-18-6-2-4-8-20(18)14-22/h9-14,23-24H,1-8,15-16H2. The van der Waals surface area contributed by atoms with Crippen LogP contribution in [0.1, 0.15) is 70.9 Å². The third-order valence-electron chi connectivity index (χ3n) is 6.55. The van der Waals surface area contributed by atoms with Crippen LogP contribution >= 0.6 is 31.9 Å². The molecule has 148 valence electrons. The highest BCUT2D eigenvalue weighted by atomic mass is 79.9. The zero-order valence-electron chi connectivity index (χ0n) is 16.4. The Bertz CT molecular complexity index is 788. The summed E-state index contributed by atoms with van der Waals surface area (Å²) in [6.45, 7) is 0. The van der Waals surface area contributed by atoms with E-state index in [-0.39, 0.29) is 11.8 Å². The van der Waals surface area contributed by atoms with E-state index in [0.717, 1.165) is 12.8 Å². The van der Waals surface area contributed by atoms with Crippen molar-refractivity contribution in [3.05, 3.63) is 69.8 Å². The van der Waals surface area contributed by atoms with Crippen molar-refractivity contribution < 1.29 is 4.79 Å². The maximum Gasteiger partial charge on any atom is 0.149 e. The van der Waals surface area contributed by atoms with E-state index in [2.05, 4.69) is 68.3 Å². The van der Waals surface area contributed by atoms with Crippen LogP contribution in [0.25, 0.3) is 0 Å². The molecule has 0 saturated heterocycles. The normalized spacial score (nSPS) is 18.1. The minimum Gasteiger partial charge on any atom is -0.298 e. The summed E-state index contributed by atoms with van der Waals surface area (Å²) in [5.74, 6) is 0.136. The van der Waals surface area contributed by atoms with E-state index in [1.807, 2.05) is 0 Å². The smallest absolute Gasteiger partial charge is 0.149 e. The first-order valence-electron chi connectivity index (χ1n) is 10.6. The molecule has 0 fully saturated rings. The van der Waals surface area contributed by atoms with Crippen molar-refractivity contribution >= 4 is 37.6 Å². The number of carbonyl (C=O) groups excluding carboxylic acids is 1. The number of Topliss-reactive ketones (excluding diaryl/α,β-unsaturated/α-hetero) is 1. The van der Waals surface area contributed by atoms with Crippen LogP contribution in [-0.4, -0.2) is 16.4 Å². The van der Waals surface area contributed by atoms with E-state index in [1.54, 1.807) is 0 Å². The zero-order valence-corrected chi connectivity index (χ0v) is 19.5. The fourth-order valence-electron chi connectivity index (χ4n) is 4.84. The second-order valence-corrected chi connectivity index (χ2v) is 9.58. The van der Waals surface area contributed by atoms with Crippen molar-refractivity contribution in [2.75, 3.05) is 10.7 Å².